The van der Waals surface area contributed by atoms with Crippen LogP contribution in [-0.4, -0.2) is 116 Å². The Hall–Kier alpha value is -7.28. The van der Waals surface area contributed by atoms with Crippen molar-refractivity contribution in [3.05, 3.63) is 153 Å². The summed E-state index contributed by atoms with van der Waals surface area (Å²) in [5.74, 6) is -0.821. The van der Waals surface area contributed by atoms with Gasteiger partial charge >= 0.3 is 0 Å². The number of likely N-dealkylation sites (tertiary alicyclic amines) is 2. The van der Waals surface area contributed by atoms with Crippen LogP contribution in [0, 0.1) is 31.0 Å². The topological polar surface area (TPSA) is 131 Å². The van der Waals surface area contributed by atoms with Crippen LogP contribution in [0.2, 0.25) is 0 Å². The van der Waals surface area contributed by atoms with Gasteiger partial charge in [0.05, 0.1) is 17.7 Å². The molecule has 3 amide bonds. The van der Waals surface area contributed by atoms with Gasteiger partial charge in [-0.05, 0) is 148 Å². The van der Waals surface area contributed by atoms with E-state index < -0.39 is 12.0 Å². The van der Waals surface area contributed by atoms with E-state index in [1.807, 2.05) is 48.6 Å². The average Bonchev–Trinajstić information content (AvgIpc) is 3.89. The van der Waals surface area contributed by atoms with E-state index in [1.165, 1.54) is 30.2 Å². The third-order valence-electron chi connectivity index (χ3n) is 16.2. The van der Waals surface area contributed by atoms with E-state index in [9.17, 15) is 19.6 Å². The highest BCUT2D eigenvalue weighted by molar-refractivity contribution is 6.13. The van der Waals surface area contributed by atoms with Crippen LogP contribution in [0.25, 0.3) is 11.3 Å². The first-order chi connectivity index (χ1) is 36.2. The number of carbonyl (C=O) groups is 3. The van der Waals surface area contributed by atoms with Crippen molar-refractivity contribution in [1.82, 2.24) is 28.7 Å². The van der Waals surface area contributed by atoms with Crippen molar-refractivity contribution in [3.8, 4) is 28.8 Å². The maximum absolute atomic E-state index is 15.8. The molecule has 2 fully saturated rings. The van der Waals surface area contributed by atoms with Gasteiger partial charge in [0.25, 0.3) is 11.8 Å². The Bertz CT molecular complexity index is 3160. The molecule has 10 rings (SSSR count). The van der Waals surface area contributed by atoms with E-state index >= 15 is 14.0 Å². The van der Waals surface area contributed by atoms with Crippen molar-refractivity contribution in [2.24, 2.45) is 14.1 Å². The summed E-state index contributed by atoms with van der Waals surface area (Å²) in [6.07, 6.45) is 4.78. The first-order valence-electron chi connectivity index (χ1n) is 26.4. The van der Waals surface area contributed by atoms with Crippen molar-refractivity contribution in [2.45, 2.75) is 90.5 Å². The van der Waals surface area contributed by atoms with Crippen LogP contribution >= 0.6 is 0 Å². The summed E-state index contributed by atoms with van der Waals surface area (Å²) < 4.78 is 38.8. The van der Waals surface area contributed by atoms with Gasteiger partial charge in [-0.15, -0.1) is 0 Å². The number of anilines is 2. The molecule has 4 aliphatic heterocycles. The highest BCUT2D eigenvalue weighted by atomic mass is 19.1. The number of piperidine rings is 2. The smallest absolute Gasteiger partial charge is 0.264 e. The van der Waals surface area contributed by atoms with E-state index in [0.717, 1.165) is 49.2 Å². The number of ether oxygens (including phenoxy) is 1. The molecule has 0 bridgehead atoms. The molecule has 0 saturated carbocycles. The van der Waals surface area contributed by atoms with Crippen LogP contribution in [0.4, 0.5) is 20.2 Å². The lowest BCUT2D eigenvalue weighted by atomic mass is 9.89. The fourth-order valence-electron chi connectivity index (χ4n) is 11.5. The molecular weight excluding hydrogens is 951 g/mol. The summed E-state index contributed by atoms with van der Waals surface area (Å²) in [5, 5.41) is 20.3. The number of phenolic OH excluding ortho intramolecular Hbond substituents is 1. The van der Waals surface area contributed by atoms with Crippen LogP contribution in [-0.2, 0) is 51.2 Å². The van der Waals surface area contributed by atoms with Crippen LogP contribution in [0.3, 0.4) is 0 Å². The van der Waals surface area contributed by atoms with E-state index in [4.69, 9.17) is 4.74 Å². The summed E-state index contributed by atoms with van der Waals surface area (Å²) in [6, 6.07) is 29.0. The summed E-state index contributed by atoms with van der Waals surface area (Å²) in [4.78, 5) is 55.1. The number of amides is 3. The quantitative estimate of drug-likeness (QED) is 0.121. The minimum absolute atomic E-state index is 0.0459. The van der Waals surface area contributed by atoms with E-state index in [1.54, 1.807) is 51.7 Å². The Labute approximate surface area is 438 Å². The number of halogens is 2. The number of aromatic nitrogens is 2. The molecule has 13 nitrogen and oxygen atoms in total. The van der Waals surface area contributed by atoms with Crippen molar-refractivity contribution in [1.29, 1.82) is 5.26 Å². The van der Waals surface area contributed by atoms with E-state index in [0.29, 0.717) is 122 Å². The van der Waals surface area contributed by atoms with Gasteiger partial charge in [0.15, 0.2) is 0 Å². The van der Waals surface area contributed by atoms with Crippen LogP contribution in [0.5, 0.6) is 11.5 Å². The van der Waals surface area contributed by atoms with Gasteiger partial charge in [-0.25, -0.2) is 8.78 Å². The lowest BCUT2D eigenvalue weighted by molar-refractivity contribution is -0.131. The van der Waals surface area contributed by atoms with Crippen LogP contribution < -0.4 is 9.64 Å². The monoisotopic (exact) mass is 1020 g/mol. The number of hydrogen-bond acceptors (Lipinski definition) is 8. The largest absolute Gasteiger partial charge is 0.508 e. The van der Waals surface area contributed by atoms with Gasteiger partial charge in [-0.1, -0.05) is 36.8 Å². The van der Waals surface area contributed by atoms with Gasteiger partial charge < -0.3 is 33.7 Å². The van der Waals surface area contributed by atoms with Crippen molar-refractivity contribution in [2.75, 3.05) is 57.3 Å². The minimum atomic E-state index is -0.755. The highest BCUT2D eigenvalue weighted by Gasteiger charge is 2.36. The lowest BCUT2D eigenvalue weighted by Gasteiger charge is -2.41. The van der Waals surface area contributed by atoms with E-state index in [-0.39, 0.29) is 48.0 Å². The van der Waals surface area contributed by atoms with Crippen molar-refractivity contribution < 1.29 is 33.0 Å². The molecule has 75 heavy (non-hydrogen) atoms. The molecule has 0 spiro atoms. The van der Waals surface area contributed by atoms with Gasteiger partial charge in [0.2, 0.25) is 5.91 Å². The molecule has 2 aromatic heterocycles. The average molecular weight is 1020 g/mol. The van der Waals surface area contributed by atoms with Crippen molar-refractivity contribution >= 4 is 29.1 Å². The summed E-state index contributed by atoms with van der Waals surface area (Å²) in [7, 11) is 3.68. The molecule has 2 saturated heterocycles. The zero-order valence-corrected chi connectivity index (χ0v) is 43.5. The predicted molar refractivity (Wildman–Crippen MR) is 284 cm³/mol. The number of phenols is 1. The van der Waals surface area contributed by atoms with E-state index in [2.05, 4.69) is 40.1 Å². The van der Waals surface area contributed by atoms with Gasteiger partial charge in [-0.3, -0.25) is 24.2 Å². The van der Waals surface area contributed by atoms with Gasteiger partial charge in [0, 0.05) is 106 Å². The number of benzene rings is 4. The maximum Gasteiger partial charge on any atom is 0.264 e. The van der Waals surface area contributed by atoms with Crippen LogP contribution in [0.15, 0.2) is 91.0 Å². The highest BCUT2D eigenvalue weighted by Crippen LogP contribution is 2.39. The second kappa shape index (κ2) is 21.9. The Morgan fingerprint density at radius 3 is 2.25 bits per heavy atom. The molecule has 390 valence electrons. The zero-order chi connectivity index (χ0) is 52.5. The van der Waals surface area contributed by atoms with Crippen LogP contribution in [0.1, 0.15) is 97.7 Å². The molecule has 0 unspecified atom stereocenters. The first-order valence-corrected chi connectivity index (χ1v) is 26.4. The number of hydrogen-bond donors (Lipinski definition) is 1. The fraction of sp³-hybridized carbons (Fsp3) is 0.400. The fourth-order valence-corrected chi connectivity index (χ4v) is 11.5. The molecule has 0 radical (unpaired) electrons. The normalized spacial score (nSPS) is 17.3. The third kappa shape index (κ3) is 10.7. The zero-order valence-electron chi connectivity index (χ0n) is 43.5. The number of alkyl halides is 1. The molecule has 1 N–H and O–H groups in total. The second-order valence-corrected chi connectivity index (χ2v) is 20.9. The summed E-state index contributed by atoms with van der Waals surface area (Å²) in [5.41, 5.74) is 9.39. The second-order valence-electron chi connectivity index (χ2n) is 20.9. The molecule has 6 heterocycles. The lowest BCUT2D eigenvalue weighted by Crippen LogP contribution is -2.51. The molecule has 0 aliphatic carbocycles. The molecule has 4 aromatic carbocycles. The van der Waals surface area contributed by atoms with Gasteiger partial charge in [-0.2, -0.15) is 5.26 Å². The number of carbonyl (C=O) groups excluding carboxylic acids is 3. The Morgan fingerprint density at radius 2 is 1.53 bits per heavy atom. The van der Waals surface area contributed by atoms with Gasteiger partial charge in [0.1, 0.15) is 41.9 Å². The molecular formula is C60H66F2N8O5. The molecule has 15 heteroatoms. The first kappa shape index (κ1) is 51.2. The third-order valence-corrected chi connectivity index (χ3v) is 16.2. The number of aromatic hydroxyl groups is 1. The summed E-state index contributed by atoms with van der Waals surface area (Å²) >= 11 is 0. The Morgan fingerprint density at radius 1 is 0.787 bits per heavy atom. The summed E-state index contributed by atoms with van der Waals surface area (Å²) in [6.45, 7) is 9.82. The number of fused-ring (bicyclic) bond motifs is 2. The SMILES string of the molecule is Cc1c(N(C(=O)c2cc(-c3cc4c(cc3C(=O)N3Cc5ccccc5C[C@H]3CN3CCCCC3)CN(C(=O)Cc3ccc(OCCN5CCC(F)CC5)cc3F)CC4)n(C)c2C)c2ccc(O)cc2)cc(C#N)n1C. The van der Waals surface area contributed by atoms with Crippen molar-refractivity contribution in [3.63, 3.8) is 0 Å². The number of nitriles is 1. The standard InChI is InChI=1S/C60H66F2N8O5/c1-39-52(60(74)70(47-13-15-50(71)16-14-47)56-32-48(35-63)64(3)40(56)2)34-57(65(39)4)53-29-42-18-25-68(58(72)31-43-12-17-51(33-55(43)62)75-27-26-66-23-19-46(61)20-24-66)36-45(42)30-54(53)59(73)69-37-44-11-7-6-10-41(44)28-49(69)38-67-21-8-5-9-22-67/h6-7,10-17,29-30,32-34,46,49,71H,5,8-9,18-28,31,36-38H2,1-4H3/t49-/m0/s1. The molecule has 6 aromatic rings. The predicted octanol–water partition coefficient (Wildman–Crippen LogP) is 9.34. The Kier molecular flexibility index (Phi) is 15.0. The molecule has 1 atom stereocenters. The number of nitrogens with zero attached hydrogens (tertiary/aromatic N) is 8. The minimum Gasteiger partial charge on any atom is -0.508 e. The number of rotatable bonds is 13. The Balaban J connectivity index is 0.983. The molecule has 4 aliphatic rings. The maximum atomic E-state index is 15.8.